The Morgan fingerprint density at radius 3 is 2.89 bits per heavy atom. The van der Waals surface area contributed by atoms with Gasteiger partial charge in [0.1, 0.15) is 0 Å². The molecule has 0 aromatic carbocycles. The molecule has 0 amide bonds. The summed E-state index contributed by atoms with van der Waals surface area (Å²) in [7, 11) is 0. The molecule has 0 aromatic heterocycles. The molecule has 0 aliphatic heterocycles. The SMILES string of the molecule is [CH2]CC=CC(=O)OCC. The predicted molar refractivity (Wildman–Crippen MR) is 35.7 cm³/mol. The highest BCUT2D eigenvalue weighted by Crippen LogP contribution is 1.82. The van der Waals surface area contributed by atoms with Crippen LogP contribution in [0, 0.1) is 6.92 Å². The van der Waals surface area contributed by atoms with Gasteiger partial charge in [-0.2, -0.15) is 0 Å². The van der Waals surface area contributed by atoms with Gasteiger partial charge in [-0.15, -0.1) is 0 Å². The average Bonchev–Trinajstić information content (AvgIpc) is 1.85. The molecule has 1 radical (unpaired) electrons. The summed E-state index contributed by atoms with van der Waals surface area (Å²) in [5.41, 5.74) is 0. The first-order valence-corrected chi connectivity index (χ1v) is 2.93. The highest BCUT2D eigenvalue weighted by atomic mass is 16.5. The number of esters is 1. The number of allylic oxidation sites excluding steroid dienone is 1. The molecule has 0 bridgehead atoms. The Morgan fingerprint density at radius 1 is 1.78 bits per heavy atom. The summed E-state index contributed by atoms with van der Waals surface area (Å²) >= 11 is 0. The van der Waals surface area contributed by atoms with E-state index >= 15 is 0 Å². The molecule has 0 atom stereocenters. The average molecular weight is 127 g/mol. The minimum absolute atomic E-state index is 0.291. The summed E-state index contributed by atoms with van der Waals surface area (Å²) in [4.78, 5) is 10.5. The number of carbonyl (C=O) groups is 1. The lowest BCUT2D eigenvalue weighted by atomic mass is 10.4. The van der Waals surface area contributed by atoms with Crippen molar-refractivity contribution in [1.82, 2.24) is 0 Å². The van der Waals surface area contributed by atoms with Crippen LogP contribution in [-0.4, -0.2) is 12.6 Å². The summed E-state index contributed by atoms with van der Waals surface area (Å²) in [6, 6.07) is 0. The second-order valence-electron chi connectivity index (χ2n) is 1.44. The molecule has 2 nitrogen and oxygen atoms in total. The minimum atomic E-state index is -0.291. The summed E-state index contributed by atoms with van der Waals surface area (Å²) in [5, 5.41) is 0. The zero-order valence-corrected chi connectivity index (χ0v) is 5.59. The molecule has 2 heteroatoms. The van der Waals surface area contributed by atoms with E-state index in [0.717, 1.165) is 0 Å². The van der Waals surface area contributed by atoms with E-state index < -0.39 is 0 Å². The van der Waals surface area contributed by atoms with Crippen molar-refractivity contribution in [3.05, 3.63) is 19.1 Å². The van der Waals surface area contributed by atoms with Gasteiger partial charge in [-0.25, -0.2) is 4.79 Å². The lowest BCUT2D eigenvalue weighted by Crippen LogP contribution is -1.98. The van der Waals surface area contributed by atoms with E-state index in [-0.39, 0.29) is 5.97 Å². The van der Waals surface area contributed by atoms with Crippen LogP contribution in [-0.2, 0) is 9.53 Å². The first-order valence-electron chi connectivity index (χ1n) is 2.93. The second kappa shape index (κ2) is 5.35. The first kappa shape index (κ1) is 8.21. The Labute approximate surface area is 55.5 Å². The predicted octanol–water partition coefficient (Wildman–Crippen LogP) is 1.33. The quantitative estimate of drug-likeness (QED) is 0.422. The Balaban J connectivity index is 3.37. The smallest absolute Gasteiger partial charge is 0.330 e. The molecule has 0 heterocycles. The van der Waals surface area contributed by atoms with Crippen molar-refractivity contribution >= 4 is 5.97 Å². The standard InChI is InChI=1S/C7H11O2/c1-3-5-6-7(8)9-4-2/h5-6H,1,3-4H2,2H3. The second-order valence-corrected chi connectivity index (χ2v) is 1.44. The molecule has 51 valence electrons. The van der Waals surface area contributed by atoms with Crippen LogP contribution in [0.1, 0.15) is 13.3 Å². The third-order valence-corrected chi connectivity index (χ3v) is 0.707. The third-order valence-electron chi connectivity index (χ3n) is 0.707. The van der Waals surface area contributed by atoms with E-state index in [0.29, 0.717) is 13.0 Å². The Bertz CT molecular complexity index is 105. The van der Waals surface area contributed by atoms with Crippen molar-refractivity contribution in [3.8, 4) is 0 Å². The van der Waals surface area contributed by atoms with Crippen molar-refractivity contribution in [2.45, 2.75) is 13.3 Å². The van der Waals surface area contributed by atoms with Gasteiger partial charge < -0.3 is 4.74 Å². The molecule has 0 saturated carbocycles. The van der Waals surface area contributed by atoms with Crippen LogP contribution in [0.5, 0.6) is 0 Å². The fourth-order valence-corrected chi connectivity index (χ4v) is 0.370. The molecule has 0 rings (SSSR count). The van der Waals surface area contributed by atoms with E-state index in [1.807, 2.05) is 0 Å². The van der Waals surface area contributed by atoms with Gasteiger partial charge in [0, 0.05) is 6.08 Å². The number of hydrogen-bond acceptors (Lipinski definition) is 2. The molecule has 0 aliphatic carbocycles. The molecule has 0 fully saturated rings. The van der Waals surface area contributed by atoms with Gasteiger partial charge in [0.25, 0.3) is 0 Å². The van der Waals surface area contributed by atoms with Crippen LogP contribution in [0.3, 0.4) is 0 Å². The number of rotatable bonds is 3. The Hall–Kier alpha value is -0.790. The molecule has 0 aliphatic rings. The fraction of sp³-hybridized carbons (Fsp3) is 0.429. The zero-order chi connectivity index (χ0) is 7.11. The van der Waals surface area contributed by atoms with E-state index in [1.54, 1.807) is 13.0 Å². The molecular weight excluding hydrogens is 116 g/mol. The molecule has 0 saturated heterocycles. The highest BCUT2D eigenvalue weighted by Gasteiger charge is 1.89. The fourth-order valence-electron chi connectivity index (χ4n) is 0.370. The van der Waals surface area contributed by atoms with Gasteiger partial charge in [-0.3, -0.25) is 0 Å². The van der Waals surface area contributed by atoms with E-state index in [2.05, 4.69) is 11.7 Å². The maximum atomic E-state index is 10.5. The number of hydrogen-bond donors (Lipinski definition) is 0. The van der Waals surface area contributed by atoms with Gasteiger partial charge in [0.15, 0.2) is 0 Å². The molecule has 0 aromatic rings. The van der Waals surface area contributed by atoms with Crippen molar-refractivity contribution in [3.63, 3.8) is 0 Å². The van der Waals surface area contributed by atoms with Gasteiger partial charge in [0.2, 0.25) is 0 Å². The zero-order valence-electron chi connectivity index (χ0n) is 5.59. The van der Waals surface area contributed by atoms with Crippen molar-refractivity contribution in [2.24, 2.45) is 0 Å². The van der Waals surface area contributed by atoms with Crippen molar-refractivity contribution < 1.29 is 9.53 Å². The van der Waals surface area contributed by atoms with E-state index in [1.165, 1.54) is 6.08 Å². The van der Waals surface area contributed by atoms with Crippen molar-refractivity contribution in [1.29, 1.82) is 0 Å². The molecule has 0 unspecified atom stereocenters. The maximum Gasteiger partial charge on any atom is 0.330 e. The molecule has 9 heavy (non-hydrogen) atoms. The third kappa shape index (κ3) is 5.07. The van der Waals surface area contributed by atoms with Gasteiger partial charge in [-0.1, -0.05) is 6.08 Å². The molecule has 0 N–H and O–H groups in total. The lowest BCUT2D eigenvalue weighted by Gasteiger charge is -1.92. The van der Waals surface area contributed by atoms with Crippen molar-refractivity contribution in [2.75, 3.05) is 6.61 Å². The van der Waals surface area contributed by atoms with Gasteiger partial charge in [0.05, 0.1) is 6.61 Å². The maximum absolute atomic E-state index is 10.5. The summed E-state index contributed by atoms with van der Waals surface area (Å²) in [6.07, 6.45) is 3.67. The normalized spacial score (nSPS) is 10.0. The van der Waals surface area contributed by atoms with Crippen LogP contribution in [0.15, 0.2) is 12.2 Å². The largest absolute Gasteiger partial charge is 0.463 e. The Morgan fingerprint density at radius 2 is 2.44 bits per heavy atom. The van der Waals surface area contributed by atoms with Crippen LogP contribution in [0.2, 0.25) is 0 Å². The number of ether oxygens (including phenoxy) is 1. The Kier molecular flexibility index (Phi) is 4.88. The number of carbonyl (C=O) groups excluding carboxylic acids is 1. The monoisotopic (exact) mass is 127 g/mol. The highest BCUT2D eigenvalue weighted by molar-refractivity contribution is 5.81. The summed E-state index contributed by atoms with van der Waals surface area (Å²) < 4.78 is 4.59. The van der Waals surface area contributed by atoms with Crippen LogP contribution < -0.4 is 0 Å². The minimum Gasteiger partial charge on any atom is -0.463 e. The van der Waals surface area contributed by atoms with E-state index in [4.69, 9.17) is 0 Å². The van der Waals surface area contributed by atoms with Gasteiger partial charge >= 0.3 is 5.97 Å². The summed E-state index contributed by atoms with van der Waals surface area (Å²) in [6.45, 7) is 5.73. The summed E-state index contributed by atoms with van der Waals surface area (Å²) in [5.74, 6) is -0.291. The van der Waals surface area contributed by atoms with Crippen LogP contribution in [0.25, 0.3) is 0 Å². The van der Waals surface area contributed by atoms with E-state index in [9.17, 15) is 4.79 Å². The van der Waals surface area contributed by atoms with Crippen LogP contribution >= 0.6 is 0 Å². The topological polar surface area (TPSA) is 26.3 Å². The van der Waals surface area contributed by atoms with Crippen LogP contribution in [0.4, 0.5) is 0 Å². The first-order chi connectivity index (χ1) is 4.31. The molecular formula is C7H11O2. The lowest BCUT2D eigenvalue weighted by molar-refractivity contribution is -0.137. The molecule has 0 spiro atoms. The van der Waals surface area contributed by atoms with Gasteiger partial charge in [-0.05, 0) is 20.3 Å².